The summed E-state index contributed by atoms with van der Waals surface area (Å²) in [5.41, 5.74) is 0.935. The van der Waals surface area contributed by atoms with Crippen molar-refractivity contribution in [3.63, 3.8) is 0 Å². The summed E-state index contributed by atoms with van der Waals surface area (Å²) in [7, 11) is 0. The van der Waals surface area contributed by atoms with E-state index in [1.807, 2.05) is 0 Å². The van der Waals surface area contributed by atoms with E-state index in [0.29, 0.717) is 6.42 Å². The third-order valence-corrected chi connectivity index (χ3v) is 3.67. The number of nitro groups is 1. The number of nitriles is 1. The summed E-state index contributed by atoms with van der Waals surface area (Å²) in [6.45, 7) is 4.79. The summed E-state index contributed by atoms with van der Waals surface area (Å²) < 4.78 is 0. The van der Waals surface area contributed by atoms with E-state index in [2.05, 4.69) is 20.9 Å². The van der Waals surface area contributed by atoms with Gasteiger partial charge in [0.05, 0.1) is 11.8 Å². The van der Waals surface area contributed by atoms with Crippen LogP contribution in [-0.2, 0) is 0 Å². The van der Waals surface area contributed by atoms with Gasteiger partial charge in [-0.15, -0.1) is 0 Å². The fourth-order valence-corrected chi connectivity index (χ4v) is 2.44. The zero-order chi connectivity index (χ0) is 15.1. The first-order valence-electron chi connectivity index (χ1n) is 7.15. The van der Waals surface area contributed by atoms with E-state index in [1.165, 1.54) is 6.07 Å². The lowest BCUT2D eigenvalue weighted by Crippen LogP contribution is -2.46. The van der Waals surface area contributed by atoms with Crippen LogP contribution in [-0.4, -0.2) is 47.5 Å². The molecule has 1 aromatic rings. The molecule has 1 saturated heterocycles. The molecule has 112 valence electrons. The second-order valence-corrected chi connectivity index (χ2v) is 5.08. The molecule has 7 heteroatoms. The third kappa shape index (κ3) is 4.39. The molecule has 0 saturated carbocycles. The van der Waals surface area contributed by atoms with Crippen molar-refractivity contribution in [1.82, 2.24) is 9.88 Å². The number of piperazine rings is 1. The molecule has 0 aliphatic carbocycles. The topological polar surface area (TPSA) is 86.3 Å². The minimum absolute atomic E-state index is 0.116. The van der Waals surface area contributed by atoms with Crippen LogP contribution in [0.1, 0.15) is 19.3 Å². The molecule has 0 spiro atoms. The Labute approximate surface area is 123 Å². The molecule has 2 heterocycles. The molecule has 1 aliphatic heterocycles. The highest BCUT2D eigenvalue weighted by atomic mass is 16.6. The molecule has 21 heavy (non-hydrogen) atoms. The first-order chi connectivity index (χ1) is 10.2. The second kappa shape index (κ2) is 7.55. The summed E-state index contributed by atoms with van der Waals surface area (Å²) in [6.07, 6.45) is 4.23. The normalized spacial score (nSPS) is 15.7. The summed E-state index contributed by atoms with van der Waals surface area (Å²) in [5, 5.41) is 19.1. The molecule has 1 aromatic heterocycles. The Morgan fingerprint density at radius 2 is 2.05 bits per heavy atom. The number of pyridine rings is 1. The highest BCUT2D eigenvalue weighted by Gasteiger charge is 2.18. The van der Waals surface area contributed by atoms with E-state index >= 15 is 0 Å². The van der Waals surface area contributed by atoms with Crippen molar-refractivity contribution in [3.05, 3.63) is 28.4 Å². The van der Waals surface area contributed by atoms with Gasteiger partial charge in [0, 0.05) is 38.7 Å². The number of unbranched alkanes of at least 4 members (excludes halogenated alkanes) is 2. The number of anilines is 1. The van der Waals surface area contributed by atoms with Gasteiger partial charge in [0.15, 0.2) is 6.20 Å². The van der Waals surface area contributed by atoms with Crippen LogP contribution in [0.15, 0.2) is 18.3 Å². The number of hydrogen-bond donors (Lipinski definition) is 0. The molecule has 0 amide bonds. The first kappa shape index (κ1) is 15.2. The zero-order valence-corrected chi connectivity index (χ0v) is 11.9. The number of aromatic nitrogens is 1. The summed E-state index contributed by atoms with van der Waals surface area (Å²) in [6, 6.07) is 5.37. The van der Waals surface area contributed by atoms with E-state index in [1.54, 1.807) is 12.3 Å². The summed E-state index contributed by atoms with van der Waals surface area (Å²) >= 11 is 0. The minimum atomic E-state index is -0.483. The largest absolute Gasteiger partial charge is 0.366 e. The second-order valence-electron chi connectivity index (χ2n) is 5.08. The Kier molecular flexibility index (Phi) is 5.46. The molecule has 0 atom stereocenters. The molecule has 0 N–H and O–H groups in total. The van der Waals surface area contributed by atoms with Crippen molar-refractivity contribution >= 4 is 11.5 Å². The zero-order valence-electron chi connectivity index (χ0n) is 11.9. The van der Waals surface area contributed by atoms with Crippen molar-refractivity contribution < 1.29 is 4.92 Å². The molecule has 1 fully saturated rings. The van der Waals surface area contributed by atoms with Crippen LogP contribution in [0, 0.1) is 21.4 Å². The Balaban J connectivity index is 1.78. The maximum absolute atomic E-state index is 10.6. The van der Waals surface area contributed by atoms with Gasteiger partial charge in [-0.05, 0) is 35.4 Å². The number of hydrogen-bond acceptors (Lipinski definition) is 6. The molecule has 0 radical (unpaired) electrons. The average molecular weight is 289 g/mol. The monoisotopic (exact) mass is 289 g/mol. The van der Waals surface area contributed by atoms with E-state index in [9.17, 15) is 10.1 Å². The molecular weight excluding hydrogens is 270 g/mol. The molecule has 0 aromatic carbocycles. The van der Waals surface area contributed by atoms with Gasteiger partial charge in [0.1, 0.15) is 0 Å². The van der Waals surface area contributed by atoms with Crippen molar-refractivity contribution in [2.75, 3.05) is 37.6 Å². The summed E-state index contributed by atoms with van der Waals surface area (Å²) in [4.78, 5) is 18.5. The lowest BCUT2D eigenvalue weighted by atomic mass is 10.2. The van der Waals surface area contributed by atoms with Crippen molar-refractivity contribution in [1.29, 1.82) is 5.26 Å². The Morgan fingerprint density at radius 3 is 2.62 bits per heavy atom. The first-order valence-corrected chi connectivity index (χ1v) is 7.15. The molecule has 0 bridgehead atoms. The molecule has 0 unspecified atom stereocenters. The Morgan fingerprint density at radius 1 is 1.29 bits per heavy atom. The average Bonchev–Trinajstić information content (AvgIpc) is 2.52. The van der Waals surface area contributed by atoms with Gasteiger partial charge >= 0.3 is 5.82 Å². The predicted molar refractivity (Wildman–Crippen MR) is 79.0 cm³/mol. The fraction of sp³-hybridized carbons (Fsp3) is 0.571. The van der Waals surface area contributed by atoms with E-state index in [0.717, 1.165) is 51.3 Å². The third-order valence-electron chi connectivity index (χ3n) is 3.67. The molecule has 2 rings (SSSR count). The van der Waals surface area contributed by atoms with E-state index < -0.39 is 4.92 Å². The fourth-order valence-electron chi connectivity index (χ4n) is 2.44. The lowest BCUT2D eigenvalue weighted by Gasteiger charge is -2.35. The van der Waals surface area contributed by atoms with Crippen molar-refractivity contribution in [2.45, 2.75) is 19.3 Å². The maximum atomic E-state index is 10.6. The minimum Gasteiger partial charge on any atom is -0.366 e. The van der Waals surface area contributed by atoms with Crippen LogP contribution in [0.5, 0.6) is 0 Å². The van der Waals surface area contributed by atoms with Crippen LogP contribution in [0.25, 0.3) is 0 Å². The van der Waals surface area contributed by atoms with Crippen LogP contribution >= 0.6 is 0 Å². The van der Waals surface area contributed by atoms with Gasteiger partial charge in [-0.25, -0.2) is 0 Å². The van der Waals surface area contributed by atoms with Gasteiger partial charge < -0.3 is 15.0 Å². The molecular formula is C14H19N5O2. The number of rotatable bonds is 6. The maximum Gasteiger partial charge on any atom is 0.363 e. The van der Waals surface area contributed by atoms with Gasteiger partial charge in [0.25, 0.3) is 0 Å². The Hall–Kier alpha value is -2.20. The summed E-state index contributed by atoms with van der Waals surface area (Å²) in [5.74, 6) is -0.116. The van der Waals surface area contributed by atoms with Crippen molar-refractivity contribution in [3.8, 4) is 6.07 Å². The quantitative estimate of drug-likeness (QED) is 0.451. The van der Waals surface area contributed by atoms with Crippen LogP contribution in [0.4, 0.5) is 11.5 Å². The van der Waals surface area contributed by atoms with Crippen LogP contribution < -0.4 is 4.90 Å². The lowest BCUT2D eigenvalue weighted by molar-refractivity contribution is -0.389. The van der Waals surface area contributed by atoms with Gasteiger partial charge in [-0.1, -0.05) is 0 Å². The van der Waals surface area contributed by atoms with Gasteiger partial charge in [0.2, 0.25) is 0 Å². The molecule has 1 aliphatic rings. The van der Waals surface area contributed by atoms with Crippen molar-refractivity contribution in [2.24, 2.45) is 0 Å². The van der Waals surface area contributed by atoms with E-state index in [-0.39, 0.29) is 5.82 Å². The Bertz CT molecular complexity index is 503. The highest BCUT2D eigenvalue weighted by molar-refractivity contribution is 5.46. The van der Waals surface area contributed by atoms with Crippen LogP contribution in [0.2, 0.25) is 0 Å². The smallest absolute Gasteiger partial charge is 0.363 e. The predicted octanol–water partition coefficient (Wildman–Crippen LogP) is 1.81. The highest BCUT2D eigenvalue weighted by Crippen LogP contribution is 2.18. The van der Waals surface area contributed by atoms with Crippen LogP contribution in [0.3, 0.4) is 0 Å². The van der Waals surface area contributed by atoms with Gasteiger partial charge in [-0.3, -0.25) is 4.90 Å². The molecule has 7 nitrogen and oxygen atoms in total. The SMILES string of the molecule is N#CCCCCN1CCN(c2ccc([N+](=O)[O-])nc2)CC1. The van der Waals surface area contributed by atoms with E-state index in [4.69, 9.17) is 5.26 Å². The van der Waals surface area contributed by atoms with Gasteiger partial charge in [-0.2, -0.15) is 5.26 Å². The standard InChI is InChI=1S/C14H19N5O2/c15-6-2-1-3-7-17-8-10-18(11-9-17)13-4-5-14(16-12-13)19(20)21/h4-5,12H,1-3,7-11H2. The number of nitrogens with zero attached hydrogens (tertiary/aromatic N) is 5.